The number of pyridine rings is 1. The molecule has 1 aliphatic rings. The van der Waals surface area contributed by atoms with Crippen molar-refractivity contribution in [3.8, 4) is 22.9 Å². The summed E-state index contributed by atoms with van der Waals surface area (Å²) in [6.45, 7) is 0.258. The van der Waals surface area contributed by atoms with Crippen molar-refractivity contribution in [2.75, 3.05) is 13.9 Å². The Bertz CT molecular complexity index is 1090. The second-order valence-electron chi connectivity index (χ2n) is 5.52. The van der Waals surface area contributed by atoms with Crippen LogP contribution in [0.4, 0.5) is 0 Å². The van der Waals surface area contributed by atoms with Crippen LogP contribution in [0.5, 0.6) is 17.2 Å². The standard InChI is InChI=1S/C18H13N3O3/c1-22-16-4-2-3-12-13-9-21(20-14(13)8-19-18(12)16)11-5-6-15-17(7-11)24-10-23-15/h2-9H,10H2,1H3. The second kappa shape index (κ2) is 4.86. The highest BCUT2D eigenvalue weighted by Gasteiger charge is 2.15. The Kier molecular flexibility index (Phi) is 2.67. The molecule has 0 saturated carbocycles. The van der Waals surface area contributed by atoms with Gasteiger partial charge in [0.05, 0.1) is 19.0 Å². The van der Waals surface area contributed by atoms with Crippen molar-refractivity contribution in [1.29, 1.82) is 0 Å². The first-order valence-electron chi connectivity index (χ1n) is 7.54. The maximum Gasteiger partial charge on any atom is 0.231 e. The predicted octanol–water partition coefficient (Wildman–Crippen LogP) is 3.31. The molecule has 24 heavy (non-hydrogen) atoms. The fourth-order valence-corrected chi connectivity index (χ4v) is 3.01. The molecule has 0 N–H and O–H groups in total. The molecule has 6 nitrogen and oxygen atoms in total. The minimum absolute atomic E-state index is 0.258. The van der Waals surface area contributed by atoms with Gasteiger partial charge in [-0.3, -0.25) is 0 Å². The average molecular weight is 319 g/mol. The number of hydrogen-bond donors (Lipinski definition) is 0. The van der Waals surface area contributed by atoms with E-state index in [0.29, 0.717) is 0 Å². The number of ether oxygens (including phenoxy) is 3. The van der Waals surface area contributed by atoms with E-state index in [1.807, 2.05) is 47.3 Å². The minimum atomic E-state index is 0.258. The minimum Gasteiger partial charge on any atom is -0.494 e. The highest BCUT2D eigenvalue weighted by molar-refractivity contribution is 6.05. The molecule has 5 rings (SSSR count). The van der Waals surface area contributed by atoms with Gasteiger partial charge in [0.15, 0.2) is 11.5 Å². The van der Waals surface area contributed by atoms with Crippen LogP contribution in [0.15, 0.2) is 48.8 Å². The SMILES string of the molecule is COc1cccc2c1ncc1nn(-c3ccc4c(c3)OCO4)cc12. The quantitative estimate of drug-likeness (QED) is 0.567. The number of rotatable bonds is 2. The number of benzene rings is 2. The molecule has 0 aliphatic carbocycles. The Morgan fingerprint density at radius 2 is 2.00 bits per heavy atom. The molecule has 6 heteroatoms. The van der Waals surface area contributed by atoms with Crippen molar-refractivity contribution in [3.05, 3.63) is 48.8 Å². The van der Waals surface area contributed by atoms with E-state index in [2.05, 4.69) is 10.1 Å². The first-order valence-corrected chi connectivity index (χ1v) is 7.54. The van der Waals surface area contributed by atoms with Gasteiger partial charge in [0.25, 0.3) is 0 Å². The van der Waals surface area contributed by atoms with Gasteiger partial charge in [0.2, 0.25) is 6.79 Å². The maximum atomic E-state index is 5.44. The Balaban J connectivity index is 1.72. The smallest absolute Gasteiger partial charge is 0.231 e. The zero-order valence-corrected chi connectivity index (χ0v) is 12.9. The van der Waals surface area contributed by atoms with Crippen molar-refractivity contribution in [2.45, 2.75) is 0 Å². The topological polar surface area (TPSA) is 58.4 Å². The molecule has 0 radical (unpaired) electrons. The van der Waals surface area contributed by atoms with E-state index in [-0.39, 0.29) is 6.79 Å². The van der Waals surface area contributed by atoms with Crippen LogP contribution in [-0.4, -0.2) is 28.7 Å². The summed E-state index contributed by atoms with van der Waals surface area (Å²) in [5.41, 5.74) is 2.57. The first kappa shape index (κ1) is 13.2. The van der Waals surface area contributed by atoms with Crippen LogP contribution < -0.4 is 14.2 Å². The number of fused-ring (bicyclic) bond motifs is 4. The Hall–Kier alpha value is -3.28. The van der Waals surface area contributed by atoms with E-state index >= 15 is 0 Å². The summed E-state index contributed by atoms with van der Waals surface area (Å²) in [6, 6.07) is 11.7. The highest BCUT2D eigenvalue weighted by Crippen LogP contribution is 2.34. The second-order valence-corrected chi connectivity index (χ2v) is 5.52. The molecule has 1 aliphatic heterocycles. The van der Waals surface area contributed by atoms with Crippen LogP contribution >= 0.6 is 0 Å². The van der Waals surface area contributed by atoms with Crippen LogP contribution in [0.1, 0.15) is 0 Å². The summed E-state index contributed by atoms with van der Waals surface area (Å²) in [5.74, 6) is 2.24. The van der Waals surface area contributed by atoms with Gasteiger partial charge in [-0.2, -0.15) is 5.10 Å². The fourth-order valence-electron chi connectivity index (χ4n) is 3.01. The van der Waals surface area contributed by atoms with E-state index < -0.39 is 0 Å². The number of aromatic nitrogens is 3. The van der Waals surface area contributed by atoms with Gasteiger partial charge in [-0.15, -0.1) is 0 Å². The van der Waals surface area contributed by atoms with Gasteiger partial charge in [0.1, 0.15) is 16.8 Å². The van der Waals surface area contributed by atoms with Gasteiger partial charge in [-0.25, -0.2) is 9.67 Å². The molecule has 2 aromatic heterocycles. The van der Waals surface area contributed by atoms with Crippen molar-refractivity contribution < 1.29 is 14.2 Å². The number of nitrogens with zero attached hydrogens (tertiary/aromatic N) is 3. The molecule has 2 aromatic carbocycles. The summed E-state index contributed by atoms with van der Waals surface area (Å²) in [5, 5.41) is 6.67. The summed E-state index contributed by atoms with van der Waals surface area (Å²) >= 11 is 0. The molecule has 0 atom stereocenters. The van der Waals surface area contributed by atoms with Gasteiger partial charge in [-0.1, -0.05) is 12.1 Å². The Morgan fingerprint density at radius 1 is 1.08 bits per heavy atom. The average Bonchev–Trinajstić information content (AvgIpc) is 3.26. The number of para-hydroxylation sites is 1. The molecule has 0 fully saturated rings. The molecule has 0 unspecified atom stereocenters. The summed E-state index contributed by atoms with van der Waals surface area (Å²) in [6.07, 6.45) is 3.76. The third kappa shape index (κ3) is 1.83. The Morgan fingerprint density at radius 3 is 2.92 bits per heavy atom. The molecule has 0 spiro atoms. The molecule has 0 amide bonds. The van der Waals surface area contributed by atoms with Crippen molar-refractivity contribution in [3.63, 3.8) is 0 Å². The highest BCUT2D eigenvalue weighted by atomic mass is 16.7. The van der Waals surface area contributed by atoms with Gasteiger partial charge in [-0.05, 0) is 18.2 Å². The fraction of sp³-hybridized carbons (Fsp3) is 0.111. The third-order valence-electron chi connectivity index (χ3n) is 4.19. The van der Waals surface area contributed by atoms with Gasteiger partial charge < -0.3 is 14.2 Å². The van der Waals surface area contributed by atoms with E-state index in [1.165, 1.54) is 0 Å². The van der Waals surface area contributed by atoms with Crippen LogP contribution in [0.2, 0.25) is 0 Å². The molecular formula is C18H13N3O3. The molecular weight excluding hydrogens is 306 g/mol. The molecule has 0 bridgehead atoms. The largest absolute Gasteiger partial charge is 0.494 e. The lowest BCUT2D eigenvalue weighted by atomic mass is 10.1. The van der Waals surface area contributed by atoms with Gasteiger partial charge in [0, 0.05) is 23.0 Å². The van der Waals surface area contributed by atoms with Crippen LogP contribution in [-0.2, 0) is 0 Å². The van der Waals surface area contributed by atoms with E-state index in [4.69, 9.17) is 14.2 Å². The monoisotopic (exact) mass is 319 g/mol. The van der Waals surface area contributed by atoms with Crippen molar-refractivity contribution in [2.24, 2.45) is 0 Å². The zero-order valence-electron chi connectivity index (χ0n) is 12.9. The van der Waals surface area contributed by atoms with Crippen molar-refractivity contribution >= 4 is 21.8 Å². The summed E-state index contributed by atoms with van der Waals surface area (Å²) in [4.78, 5) is 4.50. The predicted molar refractivity (Wildman–Crippen MR) is 89.0 cm³/mol. The molecule has 4 aromatic rings. The van der Waals surface area contributed by atoms with Crippen LogP contribution in [0.25, 0.3) is 27.5 Å². The van der Waals surface area contributed by atoms with Crippen LogP contribution in [0.3, 0.4) is 0 Å². The summed E-state index contributed by atoms with van der Waals surface area (Å²) < 4.78 is 18.0. The van der Waals surface area contributed by atoms with E-state index in [1.54, 1.807) is 13.3 Å². The van der Waals surface area contributed by atoms with E-state index in [0.717, 1.165) is 44.7 Å². The lowest BCUT2D eigenvalue weighted by Crippen LogP contribution is -1.94. The molecule has 0 saturated heterocycles. The number of hydrogen-bond acceptors (Lipinski definition) is 5. The Labute approximate surface area is 137 Å². The normalized spacial score (nSPS) is 12.9. The van der Waals surface area contributed by atoms with Gasteiger partial charge >= 0.3 is 0 Å². The lowest BCUT2D eigenvalue weighted by Gasteiger charge is -2.03. The third-order valence-corrected chi connectivity index (χ3v) is 4.19. The van der Waals surface area contributed by atoms with E-state index in [9.17, 15) is 0 Å². The maximum absolute atomic E-state index is 5.44. The number of methoxy groups -OCH3 is 1. The summed E-state index contributed by atoms with van der Waals surface area (Å²) in [7, 11) is 1.65. The first-order chi connectivity index (χ1) is 11.8. The molecule has 118 valence electrons. The van der Waals surface area contributed by atoms with Crippen LogP contribution in [0, 0.1) is 0 Å². The molecule has 3 heterocycles. The zero-order chi connectivity index (χ0) is 16.1. The lowest BCUT2D eigenvalue weighted by molar-refractivity contribution is 0.174. The van der Waals surface area contributed by atoms with Crippen molar-refractivity contribution in [1.82, 2.24) is 14.8 Å².